The molecule has 2 unspecified atom stereocenters. The van der Waals surface area contributed by atoms with Gasteiger partial charge in [-0.1, -0.05) is 26.3 Å². The predicted molar refractivity (Wildman–Crippen MR) is 103 cm³/mol. The zero-order chi connectivity index (χ0) is 17.7. The number of thiazole rings is 1. The van der Waals surface area contributed by atoms with Crippen molar-refractivity contribution in [3.8, 4) is 0 Å². The maximum Gasteiger partial charge on any atom is 0.263 e. The molecule has 7 nitrogen and oxygen atoms in total. The van der Waals surface area contributed by atoms with Gasteiger partial charge < -0.3 is 11.1 Å². The van der Waals surface area contributed by atoms with Crippen LogP contribution in [0, 0.1) is 5.92 Å². The normalized spacial score (nSPS) is 13.4. The molecular formula is C15H21ClN4O3S2. The fourth-order valence-corrected chi connectivity index (χ4v) is 3.76. The minimum atomic E-state index is -3.77. The summed E-state index contributed by atoms with van der Waals surface area (Å²) in [4.78, 5) is 16.0. The molecular weight excluding hydrogens is 384 g/mol. The topological polar surface area (TPSA) is 114 Å². The van der Waals surface area contributed by atoms with Gasteiger partial charge in [-0.05, 0) is 24.1 Å². The number of carbonyl (C=O) groups is 1. The van der Waals surface area contributed by atoms with Gasteiger partial charge >= 0.3 is 0 Å². The van der Waals surface area contributed by atoms with Crippen molar-refractivity contribution in [3.63, 3.8) is 0 Å². The van der Waals surface area contributed by atoms with Crippen LogP contribution in [0.4, 0.5) is 10.8 Å². The largest absolute Gasteiger partial charge is 0.325 e. The maximum atomic E-state index is 12.3. The molecule has 1 aromatic carbocycles. The summed E-state index contributed by atoms with van der Waals surface area (Å²) in [5.74, 6) is -0.310. The van der Waals surface area contributed by atoms with E-state index in [4.69, 9.17) is 5.73 Å². The van der Waals surface area contributed by atoms with Crippen molar-refractivity contribution < 1.29 is 13.2 Å². The average Bonchev–Trinajstić information content (AvgIpc) is 3.05. The minimum Gasteiger partial charge on any atom is -0.325 e. The zero-order valence-corrected chi connectivity index (χ0v) is 16.2. The van der Waals surface area contributed by atoms with Gasteiger partial charge in [-0.3, -0.25) is 9.52 Å². The highest BCUT2D eigenvalue weighted by Gasteiger charge is 2.20. The molecule has 10 heteroatoms. The van der Waals surface area contributed by atoms with Crippen molar-refractivity contribution in [3.05, 3.63) is 35.8 Å². The van der Waals surface area contributed by atoms with Crippen molar-refractivity contribution in [2.45, 2.75) is 31.2 Å². The SMILES string of the molecule is CCC(C)C(N)C(=O)Nc1cccc(S(=O)(=O)Nc2nccs2)c1.Cl. The lowest BCUT2D eigenvalue weighted by Crippen LogP contribution is -2.40. The number of nitrogens with two attached hydrogens (primary N) is 1. The van der Waals surface area contributed by atoms with E-state index in [2.05, 4.69) is 15.0 Å². The van der Waals surface area contributed by atoms with Crippen LogP contribution in [0.25, 0.3) is 0 Å². The third kappa shape index (κ3) is 5.67. The third-order valence-corrected chi connectivity index (χ3v) is 5.78. The molecule has 138 valence electrons. The fraction of sp³-hybridized carbons (Fsp3) is 0.333. The van der Waals surface area contributed by atoms with E-state index >= 15 is 0 Å². The maximum absolute atomic E-state index is 12.3. The molecule has 2 atom stereocenters. The van der Waals surface area contributed by atoms with Crippen molar-refractivity contribution >= 4 is 50.5 Å². The number of sulfonamides is 1. The van der Waals surface area contributed by atoms with Gasteiger partial charge in [0, 0.05) is 17.3 Å². The lowest BCUT2D eigenvalue weighted by Gasteiger charge is -2.18. The van der Waals surface area contributed by atoms with E-state index in [0.29, 0.717) is 5.69 Å². The van der Waals surface area contributed by atoms with Gasteiger partial charge in [-0.15, -0.1) is 23.7 Å². The van der Waals surface area contributed by atoms with Crippen LogP contribution in [-0.2, 0) is 14.8 Å². The van der Waals surface area contributed by atoms with E-state index in [0.717, 1.165) is 6.42 Å². The van der Waals surface area contributed by atoms with Gasteiger partial charge in [-0.2, -0.15) is 0 Å². The molecule has 0 saturated carbocycles. The standard InChI is InChI=1S/C15H20N4O3S2.ClH/c1-3-10(2)13(16)14(20)18-11-5-4-6-12(9-11)24(21,22)19-15-17-7-8-23-15;/h4-10,13H,3,16H2,1-2H3,(H,17,19)(H,18,20);1H. The smallest absolute Gasteiger partial charge is 0.263 e. The molecule has 2 rings (SSSR count). The average molecular weight is 405 g/mol. The zero-order valence-electron chi connectivity index (χ0n) is 13.8. The molecule has 25 heavy (non-hydrogen) atoms. The second-order valence-corrected chi connectivity index (χ2v) is 7.95. The predicted octanol–water partition coefficient (Wildman–Crippen LogP) is 2.68. The molecule has 1 aromatic heterocycles. The van der Waals surface area contributed by atoms with Crippen molar-refractivity contribution in [2.24, 2.45) is 11.7 Å². The molecule has 0 fully saturated rings. The van der Waals surface area contributed by atoms with Crippen LogP contribution in [0.3, 0.4) is 0 Å². The third-order valence-electron chi connectivity index (χ3n) is 3.63. The Morgan fingerprint density at radius 3 is 2.72 bits per heavy atom. The number of halogens is 1. The molecule has 0 spiro atoms. The molecule has 0 aliphatic heterocycles. The first-order chi connectivity index (χ1) is 11.3. The molecule has 0 aliphatic rings. The highest BCUT2D eigenvalue weighted by Crippen LogP contribution is 2.20. The Kier molecular flexibility index (Phi) is 7.81. The van der Waals surface area contributed by atoms with Gasteiger partial charge in [-0.25, -0.2) is 13.4 Å². The molecule has 1 amide bonds. The number of nitrogens with zero attached hydrogens (tertiary/aromatic N) is 1. The summed E-state index contributed by atoms with van der Waals surface area (Å²) in [6.07, 6.45) is 2.29. The van der Waals surface area contributed by atoms with Gasteiger partial charge in [0.2, 0.25) is 5.91 Å². The first-order valence-electron chi connectivity index (χ1n) is 7.42. The molecule has 2 aromatic rings. The van der Waals surface area contributed by atoms with Crippen molar-refractivity contribution in [2.75, 3.05) is 10.0 Å². The van der Waals surface area contributed by atoms with Gasteiger partial charge in [0.25, 0.3) is 10.0 Å². The van der Waals surface area contributed by atoms with E-state index in [1.165, 1.54) is 29.7 Å². The number of hydrogen-bond donors (Lipinski definition) is 3. The number of rotatable bonds is 7. The van der Waals surface area contributed by atoms with E-state index < -0.39 is 16.1 Å². The van der Waals surface area contributed by atoms with Crippen molar-refractivity contribution in [1.29, 1.82) is 0 Å². The van der Waals surface area contributed by atoms with Crippen LogP contribution in [0.5, 0.6) is 0 Å². The van der Waals surface area contributed by atoms with Crippen LogP contribution in [-0.4, -0.2) is 25.4 Å². The summed E-state index contributed by atoms with van der Waals surface area (Å²) >= 11 is 1.18. The monoisotopic (exact) mass is 404 g/mol. The number of anilines is 2. The summed E-state index contributed by atoms with van der Waals surface area (Å²) < 4.78 is 27.1. The lowest BCUT2D eigenvalue weighted by atomic mass is 9.99. The Hall–Kier alpha value is -1.68. The fourth-order valence-electron chi connectivity index (χ4n) is 1.93. The molecule has 0 bridgehead atoms. The first-order valence-corrected chi connectivity index (χ1v) is 9.78. The van der Waals surface area contributed by atoms with E-state index in [1.807, 2.05) is 13.8 Å². The van der Waals surface area contributed by atoms with Gasteiger partial charge in [0.05, 0.1) is 10.9 Å². The second kappa shape index (κ2) is 9.14. The van der Waals surface area contributed by atoms with E-state index in [9.17, 15) is 13.2 Å². The minimum absolute atomic E-state index is 0. The summed E-state index contributed by atoms with van der Waals surface area (Å²) in [5.41, 5.74) is 6.26. The number of benzene rings is 1. The quantitative estimate of drug-likeness (QED) is 0.656. The Morgan fingerprint density at radius 2 is 2.12 bits per heavy atom. The molecule has 4 N–H and O–H groups in total. The summed E-state index contributed by atoms with van der Waals surface area (Å²) in [6, 6.07) is 5.35. The van der Waals surface area contributed by atoms with Crippen LogP contribution < -0.4 is 15.8 Å². The number of carbonyl (C=O) groups excluding carboxylic acids is 1. The molecule has 0 saturated heterocycles. The second-order valence-electron chi connectivity index (χ2n) is 5.37. The Balaban J connectivity index is 0.00000312. The summed E-state index contributed by atoms with van der Waals surface area (Å²) in [5, 5.41) is 4.61. The molecule has 1 heterocycles. The number of hydrogen-bond acceptors (Lipinski definition) is 6. The first kappa shape index (κ1) is 21.4. The van der Waals surface area contributed by atoms with Crippen LogP contribution >= 0.6 is 23.7 Å². The van der Waals surface area contributed by atoms with Crippen LogP contribution in [0.2, 0.25) is 0 Å². The van der Waals surface area contributed by atoms with Gasteiger partial charge in [0.1, 0.15) is 0 Å². The summed E-state index contributed by atoms with van der Waals surface area (Å²) in [6.45, 7) is 3.85. The highest BCUT2D eigenvalue weighted by atomic mass is 35.5. The molecule has 0 radical (unpaired) electrons. The highest BCUT2D eigenvalue weighted by molar-refractivity contribution is 7.93. The Morgan fingerprint density at radius 1 is 1.40 bits per heavy atom. The molecule has 0 aliphatic carbocycles. The van der Waals surface area contributed by atoms with Gasteiger partial charge in [0.15, 0.2) is 5.13 Å². The Bertz CT molecular complexity index is 797. The van der Waals surface area contributed by atoms with E-state index in [-0.39, 0.29) is 34.3 Å². The summed E-state index contributed by atoms with van der Waals surface area (Å²) in [7, 11) is -3.77. The number of amides is 1. The van der Waals surface area contributed by atoms with Crippen molar-refractivity contribution in [1.82, 2.24) is 4.98 Å². The number of aromatic nitrogens is 1. The van der Waals surface area contributed by atoms with E-state index in [1.54, 1.807) is 17.5 Å². The lowest BCUT2D eigenvalue weighted by molar-refractivity contribution is -0.118. The number of nitrogens with one attached hydrogen (secondary N) is 2. The van der Waals surface area contributed by atoms with Crippen LogP contribution in [0.15, 0.2) is 40.7 Å². The Labute approximate surface area is 157 Å². The van der Waals surface area contributed by atoms with Crippen LogP contribution in [0.1, 0.15) is 20.3 Å².